The molecular formula is C22H23Cl2F2N5O2. The second kappa shape index (κ2) is 12.8. The Kier molecular flexibility index (Phi) is 10.8. The lowest BCUT2D eigenvalue weighted by Gasteiger charge is -2.20. The molecule has 0 saturated carbocycles. The molecular weight excluding hydrogens is 475 g/mol. The normalized spacial score (nSPS) is 11.0. The molecule has 2 aromatic carbocycles. The van der Waals surface area contributed by atoms with Gasteiger partial charge in [-0.2, -0.15) is 0 Å². The largest absolute Gasteiger partial charge is 0.384 e. The van der Waals surface area contributed by atoms with E-state index in [0.29, 0.717) is 11.1 Å². The molecule has 0 aliphatic heterocycles. The van der Waals surface area contributed by atoms with Gasteiger partial charge >= 0.3 is 0 Å². The Bertz CT molecular complexity index is 1090. The number of nitrogens with two attached hydrogens (primary N) is 1. The first-order chi connectivity index (χ1) is 14.9. The number of carbonyl (C=O) groups is 1. The van der Waals surface area contributed by atoms with Crippen LogP contribution >= 0.6 is 24.8 Å². The highest BCUT2D eigenvalue weighted by Crippen LogP contribution is 2.31. The second-order valence-corrected chi connectivity index (χ2v) is 6.61. The second-order valence-electron chi connectivity index (χ2n) is 6.61. The summed E-state index contributed by atoms with van der Waals surface area (Å²) in [6.07, 6.45) is 2.61. The summed E-state index contributed by atoms with van der Waals surface area (Å²) in [6, 6.07) is 9.04. The van der Waals surface area contributed by atoms with Crippen LogP contribution in [-0.4, -0.2) is 28.3 Å². The highest BCUT2D eigenvalue weighted by Gasteiger charge is 2.29. The maximum atomic E-state index is 15.2. The molecule has 0 radical (unpaired) electrons. The number of nitrogens with zero attached hydrogens (tertiary/aromatic N) is 2. The van der Waals surface area contributed by atoms with Crippen LogP contribution in [-0.2, 0) is 16.1 Å². The first-order valence-corrected chi connectivity index (χ1v) is 9.48. The van der Waals surface area contributed by atoms with Crippen LogP contribution < -0.4 is 11.1 Å². The Morgan fingerprint density at radius 2 is 1.76 bits per heavy atom. The van der Waals surface area contributed by atoms with Crippen molar-refractivity contribution >= 4 is 36.6 Å². The standard InChI is InChI=1S/C22H21F2N5O2.2ClH/c1-2-31-20(22(30)29-9-13-3-5-14(6-4-13)21(25)26)18-17(23)8-7-16(19(18)24)15-10-27-12-28-11-15;;/h3-8,10-12,20H,2,9H2,1H3,(H3,25,26)(H,29,30);2*1H/t20-;;/m0../s1. The molecule has 1 amide bonds. The van der Waals surface area contributed by atoms with Crippen LogP contribution in [0.2, 0.25) is 0 Å². The summed E-state index contributed by atoms with van der Waals surface area (Å²) in [5, 5.41) is 10.0. The molecule has 3 aromatic rings. The quantitative estimate of drug-likeness (QED) is 0.322. The third-order valence-electron chi connectivity index (χ3n) is 4.56. The Morgan fingerprint density at radius 1 is 1.12 bits per heavy atom. The number of rotatable bonds is 8. The lowest BCUT2D eigenvalue weighted by atomic mass is 10.00. The molecule has 1 aromatic heterocycles. The topological polar surface area (TPSA) is 114 Å². The van der Waals surface area contributed by atoms with Gasteiger partial charge in [0.05, 0.1) is 5.56 Å². The third-order valence-corrected chi connectivity index (χ3v) is 4.56. The number of hydrogen-bond acceptors (Lipinski definition) is 5. The number of amides is 1. The summed E-state index contributed by atoms with van der Waals surface area (Å²) in [5.41, 5.74) is 6.63. The van der Waals surface area contributed by atoms with E-state index in [1.54, 1.807) is 31.2 Å². The first-order valence-electron chi connectivity index (χ1n) is 9.48. The van der Waals surface area contributed by atoms with E-state index in [1.165, 1.54) is 24.8 Å². The van der Waals surface area contributed by atoms with Crippen molar-refractivity contribution < 1.29 is 18.3 Å². The van der Waals surface area contributed by atoms with E-state index in [1.807, 2.05) is 0 Å². The Labute approximate surface area is 202 Å². The van der Waals surface area contributed by atoms with Gasteiger partial charge in [0.2, 0.25) is 0 Å². The van der Waals surface area contributed by atoms with Crippen LogP contribution in [0.1, 0.15) is 29.7 Å². The Morgan fingerprint density at radius 3 is 2.33 bits per heavy atom. The molecule has 1 atom stereocenters. The predicted molar refractivity (Wildman–Crippen MR) is 126 cm³/mol. The fourth-order valence-corrected chi connectivity index (χ4v) is 3.01. The van der Waals surface area contributed by atoms with Crippen molar-refractivity contribution in [2.45, 2.75) is 19.6 Å². The van der Waals surface area contributed by atoms with Crippen LogP contribution in [0.25, 0.3) is 11.1 Å². The summed E-state index contributed by atoms with van der Waals surface area (Å²) < 4.78 is 35.3. The van der Waals surface area contributed by atoms with Crippen molar-refractivity contribution in [1.82, 2.24) is 15.3 Å². The first kappa shape index (κ1) is 27.9. The van der Waals surface area contributed by atoms with Crippen LogP contribution in [0, 0.1) is 17.0 Å². The van der Waals surface area contributed by atoms with E-state index < -0.39 is 29.2 Å². The van der Waals surface area contributed by atoms with Crippen LogP contribution in [0.15, 0.2) is 55.1 Å². The number of nitrogens with one attached hydrogen (secondary N) is 2. The molecule has 0 fully saturated rings. The van der Waals surface area contributed by atoms with Gasteiger partial charge in [0, 0.05) is 42.2 Å². The molecule has 1 heterocycles. The average Bonchev–Trinajstić information content (AvgIpc) is 2.77. The van der Waals surface area contributed by atoms with Gasteiger partial charge in [-0.1, -0.05) is 24.3 Å². The van der Waals surface area contributed by atoms with Crippen molar-refractivity contribution in [3.8, 4) is 11.1 Å². The number of nitrogen functional groups attached to an aromatic ring is 1. The number of carbonyl (C=O) groups excluding carboxylic acids is 1. The molecule has 0 aliphatic carbocycles. The minimum Gasteiger partial charge on any atom is -0.384 e. The molecule has 11 heteroatoms. The van der Waals surface area contributed by atoms with Crippen molar-refractivity contribution in [3.05, 3.63) is 83.4 Å². The minimum absolute atomic E-state index is 0. The van der Waals surface area contributed by atoms with Gasteiger partial charge in [-0.25, -0.2) is 18.7 Å². The lowest BCUT2D eigenvalue weighted by molar-refractivity contribution is -0.133. The zero-order chi connectivity index (χ0) is 22.4. The third kappa shape index (κ3) is 6.67. The predicted octanol–water partition coefficient (Wildman–Crippen LogP) is 3.94. The lowest BCUT2D eigenvalue weighted by Crippen LogP contribution is -2.31. The van der Waals surface area contributed by atoms with Crippen molar-refractivity contribution in [3.63, 3.8) is 0 Å². The molecule has 0 spiro atoms. The van der Waals surface area contributed by atoms with E-state index in [9.17, 15) is 9.18 Å². The molecule has 3 rings (SSSR count). The summed E-state index contributed by atoms with van der Waals surface area (Å²) in [4.78, 5) is 20.5. The fraction of sp³-hybridized carbons (Fsp3) is 0.182. The van der Waals surface area contributed by atoms with Gasteiger partial charge in [-0.3, -0.25) is 10.2 Å². The maximum absolute atomic E-state index is 15.2. The number of aromatic nitrogens is 2. The van der Waals surface area contributed by atoms with Gasteiger partial charge in [-0.15, -0.1) is 24.8 Å². The SMILES string of the molecule is CCO[C@H](C(=O)NCc1ccc(C(=N)N)cc1)c1c(F)ccc(-c2cncnc2)c1F.Cl.Cl. The monoisotopic (exact) mass is 497 g/mol. The summed E-state index contributed by atoms with van der Waals surface area (Å²) >= 11 is 0. The molecule has 4 N–H and O–H groups in total. The van der Waals surface area contributed by atoms with Crippen molar-refractivity contribution in [1.29, 1.82) is 5.41 Å². The molecule has 0 bridgehead atoms. The van der Waals surface area contributed by atoms with Gasteiger partial charge in [0.15, 0.2) is 6.10 Å². The van der Waals surface area contributed by atoms with E-state index in [-0.39, 0.29) is 49.4 Å². The van der Waals surface area contributed by atoms with Gasteiger partial charge in [0.25, 0.3) is 5.91 Å². The molecule has 0 unspecified atom stereocenters. The number of ether oxygens (including phenoxy) is 1. The van der Waals surface area contributed by atoms with Gasteiger partial charge in [0.1, 0.15) is 23.8 Å². The smallest absolute Gasteiger partial charge is 0.254 e. The highest BCUT2D eigenvalue weighted by atomic mass is 35.5. The Hall–Kier alpha value is -3.14. The number of halogens is 4. The zero-order valence-corrected chi connectivity index (χ0v) is 19.2. The summed E-state index contributed by atoms with van der Waals surface area (Å²) in [6.45, 7) is 1.81. The average molecular weight is 498 g/mol. The van der Waals surface area contributed by atoms with E-state index in [4.69, 9.17) is 15.9 Å². The van der Waals surface area contributed by atoms with E-state index in [0.717, 1.165) is 11.6 Å². The summed E-state index contributed by atoms with van der Waals surface area (Å²) in [7, 11) is 0. The number of benzene rings is 2. The molecule has 33 heavy (non-hydrogen) atoms. The molecule has 0 aliphatic rings. The van der Waals surface area contributed by atoms with Crippen molar-refractivity contribution in [2.24, 2.45) is 5.73 Å². The fourth-order valence-electron chi connectivity index (χ4n) is 3.01. The summed E-state index contributed by atoms with van der Waals surface area (Å²) in [5.74, 6) is -2.55. The minimum atomic E-state index is -1.48. The van der Waals surface area contributed by atoms with Crippen molar-refractivity contribution in [2.75, 3.05) is 6.61 Å². The van der Waals surface area contributed by atoms with E-state index >= 15 is 4.39 Å². The number of hydrogen-bond donors (Lipinski definition) is 3. The van der Waals surface area contributed by atoms with Gasteiger partial charge in [-0.05, 0) is 24.6 Å². The number of amidine groups is 1. The van der Waals surface area contributed by atoms with Crippen LogP contribution in [0.3, 0.4) is 0 Å². The molecule has 176 valence electrons. The highest BCUT2D eigenvalue weighted by molar-refractivity contribution is 5.94. The van der Waals surface area contributed by atoms with Gasteiger partial charge < -0.3 is 15.8 Å². The van der Waals surface area contributed by atoms with Crippen LogP contribution in [0.4, 0.5) is 8.78 Å². The van der Waals surface area contributed by atoms with E-state index in [2.05, 4.69) is 15.3 Å². The molecule has 0 saturated heterocycles. The molecule has 7 nitrogen and oxygen atoms in total. The Balaban J connectivity index is 0.00000272. The maximum Gasteiger partial charge on any atom is 0.254 e. The van der Waals surface area contributed by atoms with Crippen LogP contribution in [0.5, 0.6) is 0 Å². The zero-order valence-electron chi connectivity index (χ0n) is 17.5.